The minimum atomic E-state index is -4.17. The molecule has 114 valence electrons. The van der Waals surface area contributed by atoms with Crippen LogP contribution in [0.5, 0.6) is 0 Å². The molecule has 20 heavy (non-hydrogen) atoms. The molecule has 0 bridgehead atoms. The minimum absolute atomic E-state index is 0.195. The molecule has 2 N–H and O–H groups in total. The SMILES string of the molecule is CSC(CO)C(C)NS(=O)(=O)c1c(F)cc(F)cc1Br. The zero-order valence-corrected chi connectivity index (χ0v) is 13.9. The quantitative estimate of drug-likeness (QED) is 0.781. The number of aliphatic hydroxyl groups is 1. The molecule has 0 saturated heterocycles. The van der Waals surface area contributed by atoms with Crippen LogP contribution in [0, 0.1) is 11.6 Å². The number of nitrogens with one attached hydrogen (secondary N) is 1. The van der Waals surface area contributed by atoms with E-state index >= 15 is 0 Å². The van der Waals surface area contributed by atoms with Crippen molar-refractivity contribution in [3.63, 3.8) is 0 Å². The second kappa shape index (κ2) is 7.17. The third-order valence-corrected chi connectivity index (χ3v) is 6.30. The van der Waals surface area contributed by atoms with Crippen LogP contribution in [-0.4, -0.2) is 37.7 Å². The average molecular weight is 390 g/mol. The molecule has 0 spiro atoms. The van der Waals surface area contributed by atoms with Crippen LogP contribution < -0.4 is 4.72 Å². The topological polar surface area (TPSA) is 66.4 Å². The molecule has 0 amide bonds. The zero-order chi connectivity index (χ0) is 15.5. The van der Waals surface area contributed by atoms with Crippen molar-refractivity contribution in [1.29, 1.82) is 0 Å². The summed E-state index contributed by atoms with van der Waals surface area (Å²) >= 11 is 4.12. The molecule has 2 atom stereocenters. The first kappa shape index (κ1) is 17.8. The molecule has 2 unspecified atom stereocenters. The fraction of sp³-hybridized carbons (Fsp3) is 0.455. The van der Waals surface area contributed by atoms with Crippen LogP contribution in [0.4, 0.5) is 8.78 Å². The Morgan fingerprint density at radius 1 is 1.45 bits per heavy atom. The molecule has 4 nitrogen and oxygen atoms in total. The number of hydrogen-bond acceptors (Lipinski definition) is 4. The largest absolute Gasteiger partial charge is 0.395 e. The van der Waals surface area contributed by atoms with Crippen molar-refractivity contribution in [3.8, 4) is 0 Å². The van der Waals surface area contributed by atoms with Crippen LogP contribution >= 0.6 is 27.7 Å². The summed E-state index contributed by atoms with van der Waals surface area (Å²) < 4.78 is 53.0. The van der Waals surface area contributed by atoms with Gasteiger partial charge in [-0.2, -0.15) is 11.8 Å². The van der Waals surface area contributed by atoms with Gasteiger partial charge in [-0.1, -0.05) is 0 Å². The summed E-state index contributed by atoms with van der Waals surface area (Å²) in [5.41, 5.74) is 0. The highest BCUT2D eigenvalue weighted by Gasteiger charge is 2.27. The van der Waals surface area contributed by atoms with Crippen molar-refractivity contribution in [2.75, 3.05) is 12.9 Å². The van der Waals surface area contributed by atoms with Crippen LogP contribution in [0.3, 0.4) is 0 Å². The van der Waals surface area contributed by atoms with E-state index in [1.807, 2.05) is 0 Å². The van der Waals surface area contributed by atoms with Gasteiger partial charge < -0.3 is 5.11 Å². The van der Waals surface area contributed by atoms with Crippen LogP contribution in [0.25, 0.3) is 0 Å². The first-order valence-electron chi connectivity index (χ1n) is 5.53. The maximum Gasteiger partial charge on any atom is 0.244 e. The fourth-order valence-electron chi connectivity index (χ4n) is 1.60. The molecule has 1 aromatic carbocycles. The maximum absolute atomic E-state index is 13.7. The lowest BCUT2D eigenvalue weighted by Crippen LogP contribution is -2.41. The lowest BCUT2D eigenvalue weighted by molar-refractivity contribution is 0.282. The third-order valence-electron chi connectivity index (χ3n) is 2.61. The number of thioether (sulfide) groups is 1. The van der Waals surface area contributed by atoms with Gasteiger partial charge in [0.15, 0.2) is 0 Å². The molecule has 0 aliphatic heterocycles. The van der Waals surface area contributed by atoms with Gasteiger partial charge in [0.25, 0.3) is 0 Å². The van der Waals surface area contributed by atoms with Gasteiger partial charge in [0.05, 0.1) is 6.61 Å². The van der Waals surface area contributed by atoms with Crippen LogP contribution in [0.2, 0.25) is 0 Å². The van der Waals surface area contributed by atoms with Gasteiger partial charge in [-0.3, -0.25) is 0 Å². The Bertz CT molecular complexity index is 556. The molecular weight excluding hydrogens is 376 g/mol. The summed E-state index contributed by atoms with van der Waals surface area (Å²) in [6, 6.07) is 0.763. The third kappa shape index (κ3) is 4.14. The van der Waals surface area contributed by atoms with Gasteiger partial charge in [0, 0.05) is 21.8 Å². The van der Waals surface area contributed by atoms with Gasteiger partial charge >= 0.3 is 0 Å². The second-order valence-corrected chi connectivity index (χ2v) is 7.65. The Kier molecular flexibility index (Phi) is 6.39. The number of hydrogen-bond donors (Lipinski definition) is 2. The smallest absolute Gasteiger partial charge is 0.244 e. The lowest BCUT2D eigenvalue weighted by atomic mass is 10.3. The summed E-state index contributed by atoms with van der Waals surface area (Å²) in [6.07, 6.45) is 1.72. The van der Waals surface area contributed by atoms with E-state index in [9.17, 15) is 17.2 Å². The second-order valence-electron chi connectivity index (χ2n) is 4.07. The van der Waals surface area contributed by atoms with Crippen molar-refractivity contribution >= 4 is 37.7 Å². The number of rotatable bonds is 6. The summed E-state index contributed by atoms with van der Waals surface area (Å²) in [6.45, 7) is 1.34. The Balaban J connectivity index is 3.12. The van der Waals surface area contributed by atoms with Gasteiger partial charge in [0.2, 0.25) is 10.0 Å². The molecule has 0 aromatic heterocycles. The summed E-state index contributed by atoms with van der Waals surface area (Å²) in [4.78, 5) is -0.649. The Morgan fingerprint density at radius 3 is 2.50 bits per heavy atom. The van der Waals surface area contributed by atoms with Gasteiger partial charge in [-0.05, 0) is 35.2 Å². The predicted octanol–water partition coefficient (Wildman–Crippen LogP) is 2.12. The summed E-state index contributed by atoms with van der Waals surface area (Å²) in [5, 5.41) is 8.75. The van der Waals surface area contributed by atoms with Crippen LogP contribution in [0.1, 0.15) is 6.92 Å². The predicted molar refractivity (Wildman–Crippen MR) is 78.2 cm³/mol. The molecular formula is C11H14BrF2NO3S2. The number of aliphatic hydroxyl groups excluding tert-OH is 1. The van der Waals surface area contributed by atoms with E-state index in [0.717, 1.165) is 6.07 Å². The highest BCUT2D eigenvalue weighted by atomic mass is 79.9. The van der Waals surface area contributed by atoms with Crippen molar-refractivity contribution in [2.24, 2.45) is 0 Å². The summed E-state index contributed by atoms with van der Waals surface area (Å²) in [5.74, 6) is -2.06. The van der Waals surface area contributed by atoms with Gasteiger partial charge in [-0.25, -0.2) is 21.9 Å². The van der Waals surface area contributed by atoms with Crippen LogP contribution in [-0.2, 0) is 10.0 Å². The number of benzene rings is 1. The number of halogens is 3. The van der Waals surface area contributed by atoms with E-state index in [0.29, 0.717) is 6.07 Å². The van der Waals surface area contributed by atoms with Crippen molar-refractivity contribution in [2.45, 2.75) is 23.1 Å². The molecule has 0 heterocycles. The van der Waals surface area contributed by atoms with E-state index in [1.165, 1.54) is 11.8 Å². The van der Waals surface area contributed by atoms with Crippen molar-refractivity contribution in [3.05, 3.63) is 28.2 Å². The molecule has 1 aromatic rings. The minimum Gasteiger partial charge on any atom is -0.395 e. The molecule has 0 aliphatic rings. The molecule has 0 fully saturated rings. The Morgan fingerprint density at radius 2 is 2.05 bits per heavy atom. The molecule has 0 aliphatic carbocycles. The van der Waals surface area contributed by atoms with Crippen LogP contribution in [0.15, 0.2) is 21.5 Å². The van der Waals surface area contributed by atoms with E-state index in [2.05, 4.69) is 20.7 Å². The highest BCUT2D eigenvalue weighted by Crippen LogP contribution is 2.26. The standard InChI is InChI=1S/C11H14BrF2NO3S2/c1-6(10(5-16)19-2)15-20(17,18)11-8(12)3-7(13)4-9(11)14/h3-4,6,10,15-16H,5H2,1-2H3. The van der Waals surface area contributed by atoms with Crippen molar-refractivity contribution in [1.82, 2.24) is 4.72 Å². The lowest BCUT2D eigenvalue weighted by Gasteiger charge is -2.21. The molecule has 1 rings (SSSR count). The monoisotopic (exact) mass is 389 g/mol. The van der Waals surface area contributed by atoms with E-state index < -0.39 is 32.6 Å². The van der Waals surface area contributed by atoms with Gasteiger partial charge in [0.1, 0.15) is 16.5 Å². The Hall–Kier alpha value is -0.220. The fourth-order valence-corrected chi connectivity index (χ4v) is 4.76. The molecule has 9 heteroatoms. The Labute approximate surface area is 129 Å². The van der Waals surface area contributed by atoms with Crippen molar-refractivity contribution < 1.29 is 22.3 Å². The maximum atomic E-state index is 13.7. The van der Waals surface area contributed by atoms with E-state index in [4.69, 9.17) is 5.11 Å². The normalized spacial score (nSPS) is 15.1. The number of sulfonamides is 1. The van der Waals surface area contributed by atoms with E-state index in [-0.39, 0.29) is 16.3 Å². The molecule has 0 radical (unpaired) electrons. The first-order valence-corrected chi connectivity index (χ1v) is 9.10. The molecule has 0 saturated carbocycles. The van der Waals surface area contributed by atoms with Gasteiger partial charge in [-0.15, -0.1) is 0 Å². The first-order chi connectivity index (χ1) is 9.22. The summed E-state index contributed by atoms with van der Waals surface area (Å²) in [7, 11) is -4.17. The highest BCUT2D eigenvalue weighted by molar-refractivity contribution is 9.10. The average Bonchev–Trinajstić information content (AvgIpc) is 2.27. The van der Waals surface area contributed by atoms with E-state index in [1.54, 1.807) is 13.2 Å². The zero-order valence-electron chi connectivity index (χ0n) is 10.7.